The van der Waals surface area contributed by atoms with Crippen LogP contribution in [0.15, 0.2) is 30.3 Å². The van der Waals surface area contributed by atoms with E-state index in [1.54, 1.807) is 4.90 Å². The molecule has 0 N–H and O–H groups in total. The molecule has 3 heteroatoms. The summed E-state index contributed by atoms with van der Waals surface area (Å²) in [5, 5.41) is 0. The van der Waals surface area contributed by atoms with Gasteiger partial charge in [0, 0.05) is 18.7 Å². The number of para-hydroxylation sites is 1. The van der Waals surface area contributed by atoms with Crippen molar-refractivity contribution in [3.8, 4) is 0 Å². The van der Waals surface area contributed by atoms with E-state index in [-0.39, 0.29) is 5.91 Å². The van der Waals surface area contributed by atoms with E-state index in [0.29, 0.717) is 19.8 Å². The summed E-state index contributed by atoms with van der Waals surface area (Å²) in [5.41, 5.74) is 0.887. The molecule has 0 aromatic heterocycles. The quantitative estimate of drug-likeness (QED) is 0.694. The fourth-order valence-corrected chi connectivity index (χ4v) is 1.27. The molecule has 0 heterocycles. The van der Waals surface area contributed by atoms with Crippen LogP contribution in [0, 0.1) is 0 Å². The fourth-order valence-electron chi connectivity index (χ4n) is 1.27. The van der Waals surface area contributed by atoms with Gasteiger partial charge in [0.25, 0.3) is 0 Å². The first-order valence-electron chi connectivity index (χ1n) is 5.22. The van der Waals surface area contributed by atoms with Gasteiger partial charge in [0.15, 0.2) is 0 Å². The molecule has 1 rings (SSSR count). The normalized spacial score (nSPS) is 10.0. The van der Waals surface area contributed by atoms with E-state index >= 15 is 0 Å². The maximum Gasteiger partial charge on any atom is 0.228 e. The number of benzene rings is 1. The van der Waals surface area contributed by atoms with Crippen molar-refractivity contribution in [3.63, 3.8) is 0 Å². The highest BCUT2D eigenvalue weighted by atomic mass is 16.5. The van der Waals surface area contributed by atoms with Gasteiger partial charge in [0.05, 0.1) is 0 Å². The molecule has 1 aromatic rings. The number of amides is 1. The lowest BCUT2D eigenvalue weighted by molar-refractivity contribution is -0.119. The number of carbonyl (C=O) groups is 1. The average molecular weight is 207 g/mol. The highest BCUT2D eigenvalue weighted by molar-refractivity contribution is 5.92. The first-order valence-corrected chi connectivity index (χ1v) is 5.22. The number of anilines is 1. The molecule has 82 valence electrons. The zero-order valence-corrected chi connectivity index (χ0v) is 9.27. The van der Waals surface area contributed by atoms with Crippen molar-refractivity contribution in [3.05, 3.63) is 30.3 Å². The third-order valence-corrected chi connectivity index (χ3v) is 2.10. The number of rotatable bonds is 5. The average Bonchev–Trinajstić information content (AvgIpc) is 2.30. The Morgan fingerprint density at radius 1 is 1.27 bits per heavy atom. The second-order valence-corrected chi connectivity index (χ2v) is 3.13. The predicted molar refractivity (Wildman–Crippen MR) is 60.7 cm³/mol. The first-order chi connectivity index (χ1) is 7.29. The number of hydrogen-bond acceptors (Lipinski definition) is 2. The Kier molecular flexibility index (Phi) is 4.84. The van der Waals surface area contributed by atoms with Gasteiger partial charge < -0.3 is 4.74 Å². The minimum atomic E-state index is 0.0784. The van der Waals surface area contributed by atoms with Crippen LogP contribution in [0.3, 0.4) is 0 Å². The second kappa shape index (κ2) is 6.19. The molecule has 3 nitrogen and oxygen atoms in total. The molecule has 1 aromatic carbocycles. The first kappa shape index (κ1) is 11.7. The summed E-state index contributed by atoms with van der Waals surface area (Å²) in [7, 11) is 0. The third-order valence-electron chi connectivity index (χ3n) is 2.10. The fraction of sp³-hybridized carbons (Fsp3) is 0.417. The van der Waals surface area contributed by atoms with E-state index in [4.69, 9.17) is 4.74 Å². The van der Waals surface area contributed by atoms with E-state index in [0.717, 1.165) is 5.69 Å². The van der Waals surface area contributed by atoms with Crippen molar-refractivity contribution in [2.24, 2.45) is 0 Å². The Hall–Kier alpha value is -1.35. The second-order valence-electron chi connectivity index (χ2n) is 3.13. The van der Waals surface area contributed by atoms with Gasteiger partial charge in [-0.3, -0.25) is 9.69 Å². The van der Waals surface area contributed by atoms with E-state index < -0.39 is 0 Å². The van der Waals surface area contributed by atoms with E-state index in [1.165, 1.54) is 0 Å². The van der Waals surface area contributed by atoms with Gasteiger partial charge in [-0.1, -0.05) is 25.1 Å². The molecule has 0 saturated heterocycles. The number of ether oxygens (including phenoxy) is 1. The van der Waals surface area contributed by atoms with Crippen LogP contribution in [0.25, 0.3) is 0 Å². The molecular weight excluding hydrogens is 190 g/mol. The van der Waals surface area contributed by atoms with Gasteiger partial charge in [-0.25, -0.2) is 0 Å². The topological polar surface area (TPSA) is 29.5 Å². The van der Waals surface area contributed by atoms with Gasteiger partial charge >= 0.3 is 0 Å². The highest BCUT2D eigenvalue weighted by Crippen LogP contribution is 2.14. The smallest absolute Gasteiger partial charge is 0.228 e. The monoisotopic (exact) mass is 207 g/mol. The molecule has 1 amide bonds. The molecule has 0 spiro atoms. The van der Waals surface area contributed by atoms with E-state index in [1.807, 2.05) is 44.2 Å². The Morgan fingerprint density at radius 3 is 2.47 bits per heavy atom. The maximum absolute atomic E-state index is 11.7. The van der Waals surface area contributed by atoms with Gasteiger partial charge in [-0.05, 0) is 19.1 Å². The van der Waals surface area contributed by atoms with Crippen molar-refractivity contribution < 1.29 is 9.53 Å². The number of nitrogens with zero attached hydrogens (tertiary/aromatic N) is 1. The van der Waals surface area contributed by atoms with E-state index in [2.05, 4.69) is 0 Å². The largest absolute Gasteiger partial charge is 0.361 e. The van der Waals surface area contributed by atoms with Crippen molar-refractivity contribution in [2.75, 3.05) is 18.2 Å². The van der Waals surface area contributed by atoms with Gasteiger partial charge in [-0.15, -0.1) is 0 Å². The van der Waals surface area contributed by atoms with Gasteiger partial charge in [0.1, 0.15) is 6.73 Å². The summed E-state index contributed by atoms with van der Waals surface area (Å²) in [6.07, 6.45) is 0.488. The van der Waals surface area contributed by atoms with Gasteiger partial charge in [0.2, 0.25) is 5.91 Å². The SMILES string of the molecule is CCOCN(C(=O)CC)c1ccccc1. The van der Waals surface area contributed by atoms with Crippen molar-refractivity contribution in [2.45, 2.75) is 20.3 Å². The molecule has 15 heavy (non-hydrogen) atoms. The molecular formula is C12H17NO2. The molecule has 0 atom stereocenters. The highest BCUT2D eigenvalue weighted by Gasteiger charge is 2.12. The Labute approximate surface area is 90.7 Å². The minimum absolute atomic E-state index is 0.0784. The Bertz CT molecular complexity index is 298. The van der Waals surface area contributed by atoms with Crippen LogP contribution in [-0.4, -0.2) is 19.2 Å². The van der Waals surface area contributed by atoms with Crippen LogP contribution >= 0.6 is 0 Å². The van der Waals surface area contributed by atoms with Crippen molar-refractivity contribution >= 4 is 11.6 Å². The molecule has 0 radical (unpaired) electrons. The Balaban J connectivity index is 2.76. The number of carbonyl (C=O) groups excluding carboxylic acids is 1. The lowest BCUT2D eigenvalue weighted by atomic mass is 10.3. The van der Waals surface area contributed by atoms with Crippen LogP contribution in [0.5, 0.6) is 0 Å². The summed E-state index contributed by atoms with van der Waals surface area (Å²) in [5.74, 6) is 0.0784. The summed E-state index contributed by atoms with van der Waals surface area (Å²) >= 11 is 0. The standard InChI is InChI=1S/C12H17NO2/c1-3-12(14)13(10-15-4-2)11-8-6-5-7-9-11/h5-9H,3-4,10H2,1-2H3. The lowest BCUT2D eigenvalue weighted by Crippen LogP contribution is -2.32. The molecule has 0 aliphatic rings. The van der Waals surface area contributed by atoms with Crippen LogP contribution in [-0.2, 0) is 9.53 Å². The Morgan fingerprint density at radius 2 is 1.93 bits per heavy atom. The van der Waals surface area contributed by atoms with Crippen LogP contribution in [0.2, 0.25) is 0 Å². The minimum Gasteiger partial charge on any atom is -0.361 e. The molecule has 0 unspecified atom stereocenters. The lowest BCUT2D eigenvalue weighted by Gasteiger charge is -2.21. The molecule has 0 saturated carbocycles. The predicted octanol–water partition coefficient (Wildman–Crippen LogP) is 2.42. The molecule has 0 aliphatic heterocycles. The zero-order chi connectivity index (χ0) is 11.1. The maximum atomic E-state index is 11.7. The molecule has 0 aliphatic carbocycles. The van der Waals surface area contributed by atoms with E-state index in [9.17, 15) is 4.79 Å². The zero-order valence-electron chi connectivity index (χ0n) is 9.27. The van der Waals surface area contributed by atoms with Crippen LogP contribution in [0.4, 0.5) is 5.69 Å². The molecule has 0 bridgehead atoms. The third kappa shape index (κ3) is 3.36. The van der Waals surface area contributed by atoms with Crippen LogP contribution < -0.4 is 4.90 Å². The summed E-state index contributed by atoms with van der Waals surface area (Å²) in [4.78, 5) is 13.3. The molecule has 0 fully saturated rings. The van der Waals surface area contributed by atoms with Crippen molar-refractivity contribution in [1.82, 2.24) is 0 Å². The van der Waals surface area contributed by atoms with Crippen LogP contribution in [0.1, 0.15) is 20.3 Å². The number of hydrogen-bond donors (Lipinski definition) is 0. The summed E-state index contributed by atoms with van der Waals surface area (Å²) in [6, 6.07) is 9.58. The van der Waals surface area contributed by atoms with Gasteiger partial charge in [-0.2, -0.15) is 0 Å². The van der Waals surface area contributed by atoms with Crippen molar-refractivity contribution in [1.29, 1.82) is 0 Å². The summed E-state index contributed by atoms with van der Waals surface area (Å²) in [6.45, 7) is 4.71. The summed E-state index contributed by atoms with van der Waals surface area (Å²) < 4.78 is 5.28.